The Morgan fingerprint density at radius 2 is 1.36 bits per heavy atom. The molecule has 0 bridgehead atoms. The summed E-state index contributed by atoms with van der Waals surface area (Å²) < 4.78 is 5.27. The van der Waals surface area contributed by atoms with Crippen LogP contribution in [-0.2, 0) is 28.7 Å². The minimum atomic E-state index is -1.56. The third-order valence-electron chi connectivity index (χ3n) is 5.28. The number of carboxylic acid groups (broad SMARTS) is 1. The first-order valence-electron chi connectivity index (χ1n) is 11.3. The smallest absolute Gasteiger partial charge is 0.322 e. The monoisotopic (exact) mass is 521 g/mol. The molecular formula is C20H35N5O11. The van der Waals surface area contributed by atoms with Gasteiger partial charge in [0, 0.05) is 6.54 Å². The Kier molecular flexibility index (Phi) is 13.8. The molecule has 206 valence electrons. The molecule has 4 amide bonds. The fourth-order valence-corrected chi connectivity index (χ4v) is 3.23. The lowest BCUT2D eigenvalue weighted by atomic mass is 9.93. The molecule has 2 unspecified atom stereocenters. The molecule has 0 saturated carbocycles. The van der Waals surface area contributed by atoms with E-state index in [1.165, 1.54) is 0 Å². The highest BCUT2D eigenvalue weighted by Gasteiger charge is 2.43. The number of aliphatic carboxylic acids is 1. The average molecular weight is 522 g/mol. The minimum Gasteiger partial charge on any atom is -0.480 e. The average Bonchev–Trinajstić information content (AvgIpc) is 2.84. The lowest BCUT2D eigenvalue weighted by Crippen LogP contribution is -2.59. The number of ether oxygens (including phenoxy) is 1. The van der Waals surface area contributed by atoms with Crippen LogP contribution in [0.5, 0.6) is 0 Å². The van der Waals surface area contributed by atoms with Crippen molar-refractivity contribution in [2.45, 2.75) is 62.2 Å². The summed E-state index contributed by atoms with van der Waals surface area (Å²) in [6.07, 6.45) is -5.87. The van der Waals surface area contributed by atoms with Gasteiger partial charge in [-0.1, -0.05) is 0 Å². The maximum Gasteiger partial charge on any atom is 0.322 e. The van der Waals surface area contributed by atoms with Crippen LogP contribution in [0.15, 0.2) is 0 Å². The molecule has 0 aromatic carbocycles. The quantitative estimate of drug-likeness (QED) is 0.0903. The number of nitrogens with one attached hydrogen (secondary N) is 4. The van der Waals surface area contributed by atoms with Crippen LogP contribution in [-0.4, -0.2) is 124 Å². The normalized spacial score (nSPS) is 24.3. The van der Waals surface area contributed by atoms with E-state index >= 15 is 0 Å². The van der Waals surface area contributed by atoms with Gasteiger partial charge in [-0.15, -0.1) is 0 Å². The van der Waals surface area contributed by atoms with Crippen molar-refractivity contribution in [2.75, 3.05) is 32.8 Å². The second-order valence-electron chi connectivity index (χ2n) is 8.19. The summed E-state index contributed by atoms with van der Waals surface area (Å²) in [5, 5.41) is 56.2. The third-order valence-corrected chi connectivity index (χ3v) is 5.28. The van der Waals surface area contributed by atoms with E-state index in [0.717, 1.165) is 0 Å². The predicted molar refractivity (Wildman–Crippen MR) is 120 cm³/mol. The van der Waals surface area contributed by atoms with Crippen LogP contribution in [0.2, 0.25) is 0 Å². The molecule has 36 heavy (non-hydrogen) atoms. The second-order valence-corrected chi connectivity index (χ2v) is 8.19. The molecule has 11 N–H and O–H groups in total. The number of hydrogen-bond donors (Lipinski definition) is 10. The number of carbonyl (C=O) groups is 5. The van der Waals surface area contributed by atoms with Crippen molar-refractivity contribution < 1.29 is 54.2 Å². The molecule has 0 radical (unpaired) electrons. The van der Waals surface area contributed by atoms with Gasteiger partial charge < -0.3 is 57.3 Å². The molecule has 1 heterocycles. The topological polar surface area (TPSA) is 270 Å². The van der Waals surface area contributed by atoms with Crippen LogP contribution in [0.25, 0.3) is 0 Å². The lowest BCUT2D eigenvalue weighted by Gasteiger charge is -2.39. The number of unbranched alkanes of at least 4 members (excludes halogenated alkanes) is 1. The highest BCUT2D eigenvalue weighted by molar-refractivity contribution is 5.90. The summed E-state index contributed by atoms with van der Waals surface area (Å²) in [6.45, 7) is -1.81. The fraction of sp³-hybridized carbons (Fsp3) is 0.750. The summed E-state index contributed by atoms with van der Waals surface area (Å²) in [4.78, 5) is 57.3. The van der Waals surface area contributed by atoms with Gasteiger partial charge in [0.05, 0.1) is 38.3 Å². The standard InChI is InChI=1S/C20H35N5O11/c21-10(20(35)25-7-15(29)23-6-14(28)24-8-16(30)31)3-1-2-4-22-13(27)5-11-17(32)19(34)18(33)12(9-26)36-11/h10-12,17-19,26,32-34H,1-9,21H2,(H,22,27)(H,23,29)(H,24,28)(H,25,35)(H,30,31)/t10-,11+,12?,17?,18-,19+/m0/s1. The number of hydrogen-bond acceptors (Lipinski definition) is 11. The highest BCUT2D eigenvalue weighted by Crippen LogP contribution is 2.23. The van der Waals surface area contributed by atoms with Crippen LogP contribution in [0.4, 0.5) is 0 Å². The van der Waals surface area contributed by atoms with E-state index < -0.39 is 92.4 Å². The number of aliphatic hydroxyl groups is 4. The van der Waals surface area contributed by atoms with Gasteiger partial charge in [-0.05, 0) is 19.3 Å². The molecule has 0 aromatic rings. The molecule has 1 aliphatic heterocycles. The number of aliphatic hydroxyl groups excluding tert-OH is 4. The maximum atomic E-state index is 12.1. The molecule has 16 heteroatoms. The molecule has 6 atom stereocenters. The highest BCUT2D eigenvalue weighted by atomic mass is 16.5. The molecule has 1 rings (SSSR count). The zero-order valence-electron chi connectivity index (χ0n) is 19.6. The number of carboxylic acids is 1. The van der Waals surface area contributed by atoms with Crippen LogP contribution in [0, 0.1) is 0 Å². The number of carbonyl (C=O) groups excluding carboxylic acids is 4. The zero-order valence-corrected chi connectivity index (χ0v) is 19.6. The summed E-state index contributed by atoms with van der Waals surface area (Å²) in [5.74, 6) is -3.67. The predicted octanol–water partition coefficient (Wildman–Crippen LogP) is -5.73. The van der Waals surface area contributed by atoms with Crippen molar-refractivity contribution >= 4 is 29.6 Å². The summed E-state index contributed by atoms with van der Waals surface area (Å²) in [6, 6.07) is -0.915. The van der Waals surface area contributed by atoms with E-state index in [0.29, 0.717) is 12.8 Å². The number of nitrogens with two attached hydrogens (primary N) is 1. The first-order chi connectivity index (χ1) is 17.0. The largest absolute Gasteiger partial charge is 0.480 e. The SMILES string of the molecule is N[C@@H](CCCCNC(=O)C[C@H]1OC(CO)[C@H](O)[C@H](O)C1O)C(=O)NCC(=O)NCC(=O)NCC(=O)O. The number of rotatable bonds is 15. The van der Waals surface area contributed by atoms with Crippen molar-refractivity contribution in [3.8, 4) is 0 Å². The van der Waals surface area contributed by atoms with Crippen LogP contribution < -0.4 is 27.0 Å². The summed E-state index contributed by atoms with van der Waals surface area (Å²) >= 11 is 0. The van der Waals surface area contributed by atoms with E-state index in [9.17, 15) is 44.4 Å². The van der Waals surface area contributed by atoms with Gasteiger partial charge in [0.25, 0.3) is 0 Å². The van der Waals surface area contributed by atoms with Crippen molar-refractivity contribution in [1.29, 1.82) is 0 Å². The van der Waals surface area contributed by atoms with Gasteiger partial charge in [0.1, 0.15) is 31.0 Å². The van der Waals surface area contributed by atoms with Crippen molar-refractivity contribution in [3.05, 3.63) is 0 Å². The van der Waals surface area contributed by atoms with Crippen molar-refractivity contribution in [2.24, 2.45) is 5.73 Å². The van der Waals surface area contributed by atoms with Gasteiger partial charge in [-0.3, -0.25) is 24.0 Å². The molecular weight excluding hydrogens is 486 g/mol. The Balaban J connectivity index is 2.18. The molecule has 1 fully saturated rings. The zero-order chi connectivity index (χ0) is 27.3. The van der Waals surface area contributed by atoms with Crippen molar-refractivity contribution in [1.82, 2.24) is 21.3 Å². The van der Waals surface area contributed by atoms with Gasteiger partial charge >= 0.3 is 5.97 Å². The Bertz CT molecular complexity index is 766. The number of amides is 4. The Morgan fingerprint density at radius 1 is 0.778 bits per heavy atom. The Hall–Kier alpha value is -2.89. The summed E-state index contributed by atoms with van der Waals surface area (Å²) in [7, 11) is 0. The van der Waals surface area contributed by atoms with E-state index in [1.807, 2.05) is 0 Å². The molecule has 1 aliphatic rings. The fourth-order valence-electron chi connectivity index (χ4n) is 3.23. The molecule has 0 aliphatic carbocycles. The maximum absolute atomic E-state index is 12.1. The van der Waals surface area contributed by atoms with E-state index in [2.05, 4.69) is 21.3 Å². The van der Waals surface area contributed by atoms with Gasteiger partial charge in [0.15, 0.2) is 0 Å². The molecule has 1 saturated heterocycles. The van der Waals surface area contributed by atoms with Gasteiger partial charge in [0.2, 0.25) is 23.6 Å². The van der Waals surface area contributed by atoms with E-state index in [1.54, 1.807) is 0 Å². The molecule has 0 spiro atoms. The summed E-state index contributed by atoms with van der Waals surface area (Å²) in [5.41, 5.74) is 5.77. The molecule has 0 aromatic heterocycles. The van der Waals surface area contributed by atoms with Gasteiger partial charge in [-0.25, -0.2) is 0 Å². The first-order valence-corrected chi connectivity index (χ1v) is 11.3. The van der Waals surface area contributed by atoms with E-state index in [4.69, 9.17) is 15.6 Å². The Morgan fingerprint density at radius 3 is 1.97 bits per heavy atom. The van der Waals surface area contributed by atoms with E-state index in [-0.39, 0.29) is 19.4 Å². The second kappa shape index (κ2) is 16.0. The van der Waals surface area contributed by atoms with Crippen LogP contribution in [0.3, 0.4) is 0 Å². The van der Waals surface area contributed by atoms with Gasteiger partial charge in [-0.2, -0.15) is 0 Å². The van der Waals surface area contributed by atoms with Crippen molar-refractivity contribution in [3.63, 3.8) is 0 Å². The third kappa shape index (κ3) is 11.2. The minimum absolute atomic E-state index is 0.233. The van der Waals surface area contributed by atoms with Crippen LogP contribution in [0.1, 0.15) is 25.7 Å². The lowest BCUT2D eigenvalue weighted by molar-refractivity contribution is -0.229. The molecule has 16 nitrogen and oxygen atoms in total. The van der Waals surface area contributed by atoms with Crippen LogP contribution >= 0.6 is 0 Å². The Labute approximate surface area is 206 Å². The first kappa shape index (κ1) is 31.1.